The van der Waals surface area contributed by atoms with Gasteiger partial charge >= 0.3 is 0 Å². The molecule has 0 atom stereocenters. The summed E-state index contributed by atoms with van der Waals surface area (Å²) in [6, 6.07) is 9.87. The molecule has 0 saturated carbocycles. The van der Waals surface area contributed by atoms with Crippen LogP contribution in [0.15, 0.2) is 30.3 Å². The molecule has 0 aliphatic carbocycles. The number of benzene rings is 1. The average Bonchev–Trinajstić information content (AvgIpc) is 2.38. The Morgan fingerprint density at radius 3 is 2.50 bits per heavy atom. The van der Waals surface area contributed by atoms with Crippen LogP contribution in [0.2, 0.25) is 0 Å². The second-order valence-corrected chi connectivity index (χ2v) is 5.35. The fourth-order valence-electron chi connectivity index (χ4n) is 2.11. The summed E-state index contributed by atoms with van der Waals surface area (Å²) in [4.78, 5) is 4.39. The number of aliphatic hydroxyl groups excluding tert-OH is 1. The third-order valence-electron chi connectivity index (χ3n) is 3.35. The number of hydrogen-bond acceptors (Lipinski definition) is 3. The zero-order valence-corrected chi connectivity index (χ0v) is 12.5. The zero-order valence-electron chi connectivity index (χ0n) is 12.5. The summed E-state index contributed by atoms with van der Waals surface area (Å²) in [5.74, 6) is 1.80. The van der Waals surface area contributed by atoms with Crippen LogP contribution < -0.4 is 4.74 Å². The van der Waals surface area contributed by atoms with E-state index in [2.05, 4.69) is 31.0 Å². The van der Waals surface area contributed by atoms with Gasteiger partial charge < -0.3 is 9.84 Å². The molecule has 0 saturated heterocycles. The van der Waals surface area contributed by atoms with Crippen LogP contribution in [0.4, 0.5) is 0 Å². The standard InChI is InChI=1S/C17H21NO2/c1-11(2)15-7-5-12(3)9-16(15)20-17-8-6-14(10-19)13(4)18-17/h5-9,11,19H,10H2,1-4H3. The SMILES string of the molecule is Cc1ccc(C(C)C)c(Oc2ccc(CO)c(C)n2)c1. The molecule has 1 aromatic heterocycles. The molecule has 106 valence electrons. The van der Waals surface area contributed by atoms with Gasteiger partial charge in [-0.25, -0.2) is 4.98 Å². The van der Waals surface area contributed by atoms with Crippen molar-refractivity contribution in [3.05, 3.63) is 52.7 Å². The fourth-order valence-corrected chi connectivity index (χ4v) is 2.11. The van der Waals surface area contributed by atoms with E-state index in [-0.39, 0.29) is 6.61 Å². The van der Waals surface area contributed by atoms with E-state index in [4.69, 9.17) is 4.74 Å². The molecular weight excluding hydrogens is 250 g/mol. The van der Waals surface area contributed by atoms with Gasteiger partial charge in [-0.1, -0.05) is 26.0 Å². The van der Waals surface area contributed by atoms with Crippen LogP contribution in [0.25, 0.3) is 0 Å². The lowest BCUT2D eigenvalue weighted by Crippen LogP contribution is -1.98. The van der Waals surface area contributed by atoms with Crippen LogP contribution in [-0.4, -0.2) is 10.1 Å². The molecule has 0 aliphatic heterocycles. The van der Waals surface area contributed by atoms with Gasteiger partial charge in [0.2, 0.25) is 5.88 Å². The minimum Gasteiger partial charge on any atom is -0.439 e. The van der Waals surface area contributed by atoms with Gasteiger partial charge in [0, 0.05) is 11.8 Å². The molecule has 1 N–H and O–H groups in total. The lowest BCUT2D eigenvalue weighted by Gasteiger charge is -2.14. The van der Waals surface area contributed by atoms with Crippen LogP contribution in [0.5, 0.6) is 11.6 Å². The van der Waals surface area contributed by atoms with Crippen molar-refractivity contribution in [3.63, 3.8) is 0 Å². The summed E-state index contributed by atoms with van der Waals surface area (Å²) in [6.45, 7) is 8.21. The Morgan fingerprint density at radius 2 is 1.90 bits per heavy atom. The molecule has 0 aliphatic rings. The van der Waals surface area contributed by atoms with Crippen molar-refractivity contribution in [2.75, 3.05) is 0 Å². The van der Waals surface area contributed by atoms with E-state index in [1.165, 1.54) is 5.56 Å². The zero-order chi connectivity index (χ0) is 14.7. The molecule has 0 amide bonds. The summed E-state index contributed by atoms with van der Waals surface area (Å²) in [6.07, 6.45) is 0. The van der Waals surface area contributed by atoms with Gasteiger partial charge in [0.1, 0.15) is 5.75 Å². The molecule has 0 fully saturated rings. The van der Waals surface area contributed by atoms with Gasteiger partial charge in [0.15, 0.2) is 0 Å². The maximum atomic E-state index is 9.17. The Labute approximate surface area is 120 Å². The van der Waals surface area contributed by atoms with Crippen molar-refractivity contribution < 1.29 is 9.84 Å². The lowest BCUT2D eigenvalue weighted by molar-refractivity contribution is 0.280. The highest BCUT2D eigenvalue weighted by atomic mass is 16.5. The third kappa shape index (κ3) is 3.17. The number of aromatic nitrogens is 1. The first-order valence-electron chi connectivity index (χ1n) is 6.87. The maximum Gasteiger partial charge on any atom is 0.219 e. The average molecular weight is 271 g/mol. The van der Waals surface area contributed by atoms with Gasteiger partial charge in [-0.2, -0.15) is 0 Å². The molecule has 0 unspecified atom stereocenters. The van der Waals surface area contributed by atoms with E-state index in [1.54, 1.807) is 6.07 Å². The topological polar surface area (TPSA) is 42.4 Å². The minimum absolute atomic E-state index is 0.000796. The molecule has 0 radical (unpaired) electrons. The molecule has 1 heterocycles. The number of pyridine rings is 1. The van der Waals surface area contributed by atoms with Gasteiger partial charge in [-0.05, 0) is 48.6 Å². The van der Waals surface area contributed by atoms with Crippen molar-refractivity contribution >= 4 is 0 Å². The Bertz CT molecular complexity index is 606. The van der Waals surface area contributed by atoms with Crippen LogP contribution in [0, 0.1) is 13.8 Å². The molecule has 1 aromatic carbocycles. The number of aliphatic hydroxyl groups is 1. The highest BCUT2D eigenvalue weighted by Gasteiger charge is 2.10. The summed E-state index contributed by atoms with van der Waals surface area (Å²) in [5, 5.41) is 9.17. The van der Waals surface area contributed by atoms with Crippen molar-refractivity contribution in [1.29, 1.82) is 0 Å². The van der Waals surface area contributed by atoms with Crippen LogP contribution in [0.3, 0.4) is 0 Å². The quantitative estimate of drug-likeness (QED) is 0.910. The molecular formula is C17H21NO2. The number of hydrogen-bond donors (Lipinski definition) is 1. The summed E-state index contributed by atoms with van der Waals surface area (Å²) in [7, 11) is 0. The second kappa shape index (κ2) is 6.06. The van der Waals surface area contributed by atoms with E-state index < -0.39 is 0 Å². The second-order valence-electron chi connectivity index (χ2n) is 5.35. The first kappa shape index (κ1) is 14.5. The Morgan fingerprint density at radius 1 is 1.15 bits per heavy atom. The summed E-state index contributed by atoms with van der Waals surface area (Å²) < 4.78 is 5.94. The fraction of sp³-hybridized carbons (Fsp3) is 0.353. The summed E-state index contributed by atoms with van der Waals surface area (Å²) in [5.41, 5.74) is 3.95. The van der Waals surface area contributed by atoms with Crippen molar-refractivity contribution in [2.45, 2.75) is 40.2 Å². The van der Waals surface area contributed by atoms with Crippen molar-refractivity contribution in [1.82, 2.24) is 4.98 Å². The molecule has 20 heavy (non-hydrogen) atoms. The van der Waals surface area contributed by atoms with Gasteiger partial charge in [-0.15, -0.1) is 0 Å². The smallest absolute Gasteiger partial charge is 0.219 e. The van der Waals surface area contributed by atoms with Gasteiger partial charge in [0.25, 0.3) is 0 Å². The third-order valence-corrected chi connectivity index (χ3v) is 3.35. The Kier molecular flexibility index (Phi) is 4.40. The molecule has 3 heteroatoms. The molecule has 0 spiro atoms. The number of nitrogens with zero attached hydrogens (tertiary/aromatic N) is 1. The minimum atomic E-state index is 0.000796. The van der Waals surface area contributed by atoms with Crippen LogP contribution >= 0.6 is 0 Å². The van der Waals surface area contributed by atoms with Crippen LogP contribution in [0.1, 0.15) is 42.1 Å². The van der Waals surface area contributed by atoms with Gasteiger partial charge in [-0.3, -0.25) is 0 Å². The molecule has 2 rings (SSSR count). The normalized spacial score (nSPS) is 10.9. The van der Waals surface area contributed by atoms with E-state index in [9.17, 15) is 5.11 Å². The lowest BCUT2D eigenvalue weighted by atomic mass is 10.0. The van der Waals surface area contributed by atoms with E-state index in [0.717, 1.165) is 22.6 Å². The highest BCUT2D eigenvalue weighted by molar-refractivity contribution is 5.41. The first-order chi connectivity index (χ1) is 9.51. The molecule has 0 bridgehead atoms. The Hall–Kier alpha value is -1.87. The van der Waals surface area contributed by atoms with E-state index in [1.807, 2.05) is 26.0 Å². The van der Waals surface area contributed by atoms with E-state index in [0.29, 0.717) is 11.8 Å². The van der Waals surface area contributed by atoms with Crippen molar-refractivity contribution in [2.24, 2.45) is 0 Å². The molecule has 2 aromatic rings. The van der Waals surface area contributed by atoms with E-state index >= 15 is 0 Å². The summed E-state index contributed by atoms with van der Waals surface area (Å²) >= 11 is 0. The highest BCUT2D eigenvalue weighted by Crippen LogP contribution is 2.31. The largest absolute Gasteiger partial charge is 0.439 e. The van der Waals surface area contributed by atoms with Crippen molar-refractivity contribution in [3.8, 4) is 11.6 Å². The van der Waals surface area contributed by atoms with Crippen LogP contribution in [-0.2, 0) is 6.61 Å². The maximum absolute atomic E-state index is 9.17. The predicted octanol–water partition coefficient (Wildman–Crippen LogP) is 4.11. The van der Waals surface area contributed by atoms with Gasteiger partial charge in [0.05, 0.1) is 6.61 Å². The predicted molar refractivity (Wildman–Crippen MR) is 80.2 cm³/mol. The number of aryl methyl sites for hydroxylation is 2. The first-order valence-corrected chi connectivity index (χ1v) is 6.87. The Balaban J connectivity index is 2.34. The number of ether oxygens (including phenoxy) is 1. The monoisotopic (exact) mass is 271 g/mol. The molecule has 3 nitrogen and oxygen atoms in total. The number of rotatable bonds is 4.